The number of esters is 1. The zero-order valence-corrected chi connectivity index (χ0v) is 16.6. The number of rotatable bonds is 6. The summed E-state index contributed by atoms with van der Waals surface area (Å²) >= 11 is 0. The maximum Gasteiger partial charge on any atom is 0.328 e. The van der Waals surface area contributed by atoms with Crippen molar-refractivity contribution in [3.63, 3.8) is 0 Å². The monoisotopic (exact) mass is 374 g/mol. The standard InChI is InChI=1S/C20H26N2O5/c1-13(2)11-17(19(24)27-6)21-18(23)16-8-7-15(22(25)26)12-14(16)9-10-20(3,4)5/h7-8,12-13,17H,11H2,1-6H3,(H,21,23)/t17-/m0/s1. The van der Waals surface area contributed by atoms with Gasteiger partial charge in [0.25, 0.3) is 11.6 Å². The molecule has 146 valence electrons. The van der Waals surface area contributed by atoms with Crippen LogP contribution in [-0.2, 0) is 9.53 Å². The highest BCUT2D eigenvalue weighted by molar-refractivity contribution is 5.99. The molecule has 27 heavy (non-hydrogen) atoms. The quantitative estimate of drug-likeness (QED) is 0.356. The topological polar surface area (TPSA) is 98.5 Å². The summed E-state index contributed by atoms with van der Waals surface area (Å²) in [6.45, 7) is 9.54. The maximum atomic E-state index is 12.7. The number of benzene rings is 1. The van der Waals surface area contributed by atoms with E-state index in [-0.39, 0.29) is 28.1 Å². The second-order valence-electron chi connectivity index (χ2n) is 7.67. The maximum absolute atomic E-state index is 12.7. The van der Waals surface area contributed by atoms with Gasteiger partial charge in [-0.25, -0.2) is 4.79 Å². The third-order valence-corrected chi connectivity index (χ3v) is 3.53. The third kappa shape index (κ3) is 7.10. The highest BCUT2D eigenvalue weighted by atomic mass is 16.6. The molecule has 0 aliphatic rings. The minimum atomic E-state index is -0.805. The number of carbonyl (C=O) groups excluding carboxylic acids is 2. The first-order chi connectivity index (χ1) is 12.4. The fourth-order valence-corrected chi connectivity index (χ4v) is 2.27. The van der Waals surface area contributed by atoms with Crippen molar-refractivity contribution in [3.8, 4) is 11.8 Å². The number of non-ortho nitro benzene ring substituents is 1. The summed E-state index contributed by atoms with van der Waals surface area (Å²) in [5, 5.41) is 13.7. The van der Waals surface area contributed by atoms with Crippen molar-refractivity contribution < 1.29 is 19.2 Å². The summed E-state index contributed by atoms with van der Waals surface area (Å²) in [7, 11) is 1.26. The van der Waals surface area contributed by atoms with E-state index in [4.69, 9.17) is 4.74 Å². The number of carbonyl (C=O) groups is 2. The van der Waals surface area contributed by atoms with Crippen molar-refractivity contribution in [1.29, 1.82) is 0 Å². The largest absolute Gasteiger partial charge is 0.467 e. The lowest BCUT2D eigenvalue weighted by molar-refractivity contribution is -0.384. The molecule has 7 nitrogen and oxygen atoms in total. The fourth-order valence-electron chi connectivity index (χ4n) is 2.27. The molecule has 1 aromatic carbocycles. The van der Waals surface area contributed by atoms with E-state index < -0.39 is 22.8 Å². The van der Waals surface area contributed by atoms with E-state index in [9.17, 15) is 19.7 Å². The average Bonchev–Trinajstić information content (AvgIpc) is 2.57. The second kappa shape index (κ2) is 9.17. The Balaban J connectivity index is 3.28. The molecule has 1 amide bonds. The van der Waals surface area contributed by atoms with Crippen LogP contribution in [0.25, 0.3) is 0 Å². The number of ether oxygens (including phenoxy) is 1. The summed E-state index contributed by atoms with van der Waals surface area (Å²) in [6.07, 6.45) is 0.411. The van der Waals surface area contributed by atoms with E-state index in [2.05, 4.69) is 17.2 Å². The molecule has 0 fully saturated rings. The normalized spacial score (nSPS) is 12.0. The molecule has 0 unspecified atom stereocenters. The summed E-state index contributed by atoms with van der Waals surface area (Å²) in [4.78, 5) is 35.2. The van der Waals surface area contributed by atoms with Crippen LogP contribution in [-0.4, -0.2) is 30.0 Å². The van der Waals surface area contributed by atoms with Crippen LogP contribution in [0.3, 0.4) is 0 Å². The van der Waals surface area contributed by atoms with Crippen molar-refractivity contribution in [2.75, 3.05) is 7.11 Å². The smallest absolute Gasteiger partial charge is 0.328 e. The number of hydrogen-bond donors (Lipinski definition) is 1. The molecular formula is C20H26N2O5. The molecular weight excluding hydrogens is 348 g/mol. The summed E-state index contributed by atoms with van der Waals surface area (Å²) in [6, 6.07) is 3.06. The lowest BCUT2D eigenvalue weighted by atomic mass is 9.96. The van der Waals surface area contributed by atoms with Crippen LogP contribution in [0.2, 0.25) is 0 Å². The Hall–Kier alpha value is -2.88. The minimum absolute atomic E-state index is 0.156. The molecule has 0 spiro atoms. The van der Waals surface area contributed by atoms with Gasteiger partial charge in [-0.1, -0.05) is 25.7 Å². The Bertz CT molecular complexity index is 782. The molecule has 0 aliphatic heterocycles. The van der Waals surface area contributed by atoms with Gasteiger partial charge in [0.2, 0.25) is 0 Å². The predicted octanol–water partition coefficient (Wildman–Crippen LogP) is 3.31. The first-order valence-corrected chi connectivity index (χ1v) is 8.65. The van der Waals surface area contributed by atoms with E-state index >= 15 is 0 Å². The fraction of sp³-hybridized carbons (Fsp3) is 0.500. The number of amides is 1. The number of nitro groups is 1. The zero-order chi connectivity index (χ0) is 20.8. The van der Waals surface area contributed by atoms with E-state index in [1.54, 1.807) is 0 Å². The first kappa shape index (κ1) is 22.2. The minimum Gasteiger partial charge on any atom is -0.467 e. The van der Waals surface area contributed by atoms with Gasteiger partial charge in [0.05, 0.1) is 17.6 Å². The van der Waals surface area contributed by atoms with Gasteiger partial charge < -0.3 is 10.1 Å². The van der Waals surface area contributed by atoms with Crippen molar-refractivity contribution in [1.82, 2.24) is 5.32 Å². The van der Waals surface area contributed by atoms with Gasteiger partial charge in [0, 0.05) is 23.1 Å². The van der Waals surface area contributed by atoms with Crippen LogP contribution in [0.4, 0.5) is 5.69 Å². The molecule has 0 heterocycles. The molecule has 0 saturated heterocycles. The second-order valence-corrected chi connectivity index (χ2v) is 7.67. The molecule has 0 aromatic heterocycles. The van der Waals surface area contributed by atoms with Crippen LogP contribution in [0.15, 0.2) is 18.2 Å². The molecule has 0 aliphatic carbocycles. The van der Waals surface area contributed by atoms with Crippen LogP contribution < -0.4 is 5.32 Å². The van der Waals surface area contributed by atoms with E-state index in [0.29, 0.717) is 6.42 Å². The average molecular weight is 374 g/mol. The van der Waals surface area contributed by atoms with E-state index in [1.165, 1.54) is 25.3 Å². The van der Waals surface area contributed by atoms with Crippen molar-refractivity contribution in [3.05, 3.63) is 39.4 Å². The van der Waals surface area contributed by atoms with Crippen LogP contribution in [0, 0.1) is 33.3 Å². The molecule has 1 atom stereocenters. The Morgan fingerprint density at radius 2 is 1.93 bits per heavy atom. The molecule has 0 radical (unpaired) electrons. The zero-order valence-electron chi connectivity index (χ0n) is 16.6. The molecule has 1 N–H and O–H groups in total. The predicted molar refractivity (Wildman–Crippen MR) is 102 cm³/mol. The van der Waals surface area contributed by atoms with Crippen molar-refractivity contribution >= 4 is 17.6 Å². The SMILES string of the molecule is COC(=O)[C@H](CC(C)C)NC(=O)c1ccc([N+](=O)[O-])cc1C#CC(C)(C)C. The molecule has 0 bridgehead atoms. The highest BCUT2D eigenvalue weighted by Gasteiger charge is 2.25. The molecule has 7 heteroatoms. The number of methoxy groups -OCH3 is 1. The highest BCUT2D eigenvalue weighted by Crippen LogP contribution is 2.19. The van der Waals surface area contributed by atoms with Crippen molar-refractivity contribution in [2.24, 2.45) is 11.3 Å². The molecule has 1 rings (SSSR count). The lowest BCUT2D eigenvalue weighted by Gasteiger charge is -2.18. The van der Waals surface area contributed by atoms with Crippen LogP contribution in [0.5, 0.6) is 0 Å². The number of nitrogens with one attached hydrogen (secondary N) is 1. The summed E-state index contributed by atoms with van der Waals surface area (Å²) < 4.78 is 4.75. The van der Waals surface area contributed by atoms with Crippen LogP contribution >= 0.6 is 0 Å². The summed E-state index contributed by atoms with van der Waals surface area (Å²) in [5.74, 6) is 4.92. The Kier molecular flexibility index (Phi) is 7.53. The van der Waals surface area contributed by atoms with Gasteiger partial charge in [0.15, 0.2) is 0 Å². The van der Waals surface area contributed by atoms with Gasteiger partial charge in [0.1, 0.15) is 6.04 Å². The molecule has 0 saturated carbocycles. The van der Waals surface area contributed by atoms with Gasteiger partial charge >= 0.3 is 5.97 Å². The Morgan fingerprint density at radius 3 is 2.41 bits per heavy atom. The number of hydrogen-bond acceptors (Lipinski definition) is 5. The Labute approximate surface area is 159 Å². The molecule has 1 aromatic rings. The lowest BCUT2D eigenvalue weighted by Crippen LogP contribution is -2.42. The van der Waals surface area contributed by atoms with Gasteiger partial charge in [-0.2, -0.15) is 0 Å². The van der Waals surface area contributed by atoms with Gasteiger partial charge in [-0.15, -0.1) is 0 Å². The third-order valence-electron chi connectivity index (χ3n) is 3.53. The van der Waals surface area contributed by atoms with E-state index in [0.717, 1.165) is 0 Å². The van der Waals surface area contributed by atoms with Gasteiger partial charge in [-0.3, -0.25) is 14.9 Å². The Morgan fingerprint density at radius 1 is 1.30 bits per heavy atom. The van der Waals surface area contributed by atoms with Gasteiger partial charge in [-0.05, 0) is 39.2 Å². The van der Waals surface area contributed by atoms with E-state index in [1.807, 2.05) is 34.6 Å². The first-order valence-electron chi connectivity index (χ1n) is 8.65. The number of nitrogens with zero attached hydrogens (tertiary/aromatic N) is 1. The summed E-state index contributed by atoms with van der Waals surface area (Å²) in [5.41, 5.74) is -0.0823. The van der Waals surface area contributed by atoms with Crippen LogP contribution in [0.1, 0.15) is 57.0 Å². The number of nitro benzene ring substituents is 1. The van der Waals surface area contributed by atoms with Crippen molar-refractivity contribution in [2.45, 2.75) is 47.1 Å².